The van der Waals surface area contributed by atoms with Gasteiger partial charge in [0, 0.05) is 28.7 Å². The van der Waals surface area contributed by atoms with Gasteiger partial charge in [-0.15, -0.1) is 23.1 Å². The van der Waals surface area contributed by atoms with E-state index in [4.69, 9.17) is 11.6 Å². The molecule has 1 atom stereocenters. The Hall–Kier alpha value is -0.820. The van der Waals surface area contributed by atoms with E-state index < -0.39 is 0 Å². The molecule has 0 N–H and O–H groups in total. The number of hydrogen-bond acceptors (Lipinski definition) is 4. The monoisotopic (exact) mass is 412 g/mol. The first kappa shape index (κ1) is 14.8. The Kier molecular flexibility index (Phi) is 3.80. The van der Waals surface area contributed by atoms with Crippen molar-refractivity contribution in [2.45, 2.75) is 10.6 Å². The number of hydrazone groups is 1. The molecular weight excluding hydrogens is 404 g/mol. The third kappa shape index (κ3) is 2.52. The maximum absolute atomic E-state index is 12.4. The normalized spacial score (nSPS) is 20.5. The number of carbonyl (C=O) groups excluding carboxylic acids is 1. The van der Waals surface area contributed by atoms with Crippen LogP contribution in [0.2, 0.25) is 5.02 Å². The average Bonchev–Trinajstić information content (AvgIpc) is 2.88. The van der Waals surface area contributed by atoms with Gasteiger partial charge in [-0.2, -0.15) is 5.10 Å². The first-order valence-electron chi connectivity index (χ1n) is 6.71. The van der Waals surface area contributed by atoms with Crippen molar-refractivity contribution in [1.82, 2.24) is 0 Å². The lowest BCUT2D eigenvalue weighted by Gasteiger charge is -2.31. The molecule has 2 aliphatic rings. The fraction of sp³-hybridized carbons (Fsp3) is 0.200. The van der Waals surface area contributed by atoms with E-state index in [1.54, 1.807) is 23.5 Å². The molecule has 0 aliphatic carbocycles. The topological polar surface area (TPSA) is 32.7 Å². The number of benzene rings is 1. The zero-order valence-electron chi connectivity index (χ0n) is 11.3. The number of halogens is 2. The minimum absolute atomic E-state index is 0.0365. The smallest absolute Gasteiger partial charge is 0.248 e. The van der Waals surface area contributed by atoms with E-state index in [0.29, 0.717) is 11.4 Å². The Morgan fingerprint density at radius 1 is 1.32 bits per heavy atom. The number of thiophene rings is 1. The lowest BCUT2D eigenvalue weighted by Crippen LogP contribution is -2.39. The van der Waals surface area contributed by atoms with Crippen LogP contribution in [0.15, 0.2) is 43.4 Å². The third-order valence-electron chi connectivity index (χ3n) is 3.68. The highest BCUT2D eigenvalue weighted by molar-refractivity contribution is 9.11. The second-order valence-corrected chi connectivity index (χ2v) is 9.29. The number of hydrogen-bond donors (Lipinski definition) is 0. The van der Waals surface area contributed by atoms with Crippen LogP contribution in [0.1, 0.15) is 12.0 Å². The zero-order valence-corrected chi connectivity index (χ0v) is 15.2. The van der Waals surface area contributed by atoms with Crippen LogP contribution in [0, 0.1) is 5.92 Å². The molecule has 1 aromatic carbocycles. The first-order chi connectivity index (χ1) is 10.6. The van der Waals surface area contributed by atoms with Gasteiger partial charge in [-0.25, -0.2) is 5.01 Å². The van der Waals surface area contributed by atoms with Gasteiger partial charge in [-0.1, -0.05) is 11.6 Å². The van der Waals surface area contributed by atoms with Crippen molar-refractivity contribution < 1.29 is 4.79 Å². The largest absolute Gasteiger partial charge is 0.273 e. The number of nitrogens with zero attached hydrogens (tertiary/aromatic N) is 2. The van der Waals surface area contributed by atoms with E-state index in [-0.39, 0.29) is 11.8 Å². The van der Waals surface area contributed by atoms with Gasteiger partial charge in [-0.3, -0.25) is 4.79 Å². The summed E-state index contributed by atoms with van der Waals surface area (Å²) in [7, 11) is 0. The van der Waals surface area contributed by atoms with Gasteiger partial charge < -0.3 is 0 Å². The van der Waals surface area contributed by atoms with E-state index in [2.05, 4.69) is 27.1 Å². The van der Waals surface area contributed by atoms with Crippen molar-refractivity contribution in [3.8, 4) is 0 Å². The Balaban J connectivity index is 1.79. The SMILES string of the molecule is O=C1CC2CSc3sc(Br)cc3C2=NN1c1ccc(Cl)cc1. The molecule has 1 amide bonds. The zero-order chi connectivity index (χ0) is 15.3. The summed E-state index contributed by atoms with van der Waals surface area (Å²) in [6.07, 6.45) is 0.501. The van der Waals surface area contributed by atoms with Gasteiger partial charge in [0.2, 0.25) is 5.91 Å². The molecule has 0 radical (unpaired) electrons. The summed E-state index contributed by atoms with van der Waals surface area (Å²) in [5.41, 5.74) is 2.93. The van der Waals surface area contributed by atoms with Gasteiger partial charge in [0.25, 0.3) is 0 Å². The van der Waals surface area contributed by atoms with E-state index >= 15 is 0 Å². The molecule has 112 valence electrons. The maximum Gasteiger partial charge on any atom is 0.248 e. The van der Waals surface area contributed by atoms with Crippen LogP contribution in [-0.4, -0.2) is 17.4 Å². The Labute approximate surface area is 149 Å². The summed E-state index contributed by atoms with van der Waals surface area (Å²) in [4.78, 5) is 12.4. The van der Waals surface area contributed by atoms with Crippen LogP contribution in [0.5, 0.6) is 0 Å². The fourth-order valence-corrected chi connectivity index (χ4v) is 6.09. The summed E-state index contributed by atoms with van der Waals surface area (Å²) < 4.78 is 2.37. The van der Waals surface area contributed by atoms with Crippen LogP contribution < -0.4 is 5.01 Å². The summed E-state index contributed by atoms with van der Waals surface area (Å²) >= 11 is 13.0. The molecule has 3 nitrogen and oxygen atoms in total. The van der Waals surface area contributed by atoms with Crippen molar-refractivity contribution >= 4 is 67.9 Å². The highest BCUT2D eigenvalue weighted by Crippen LogP contribution is 2.43. The van der Waals surface area contributed by atoms with Crippen LogP contribution in [-0.2, 0) is 4.79 Å². The summed E-state index contributed by atoms with van der Waals surface area (Å²) in [5, 5.41) is 6.83. The van der Waals surface area contributed by atoms with Gasteiger partial charge in [0.05, 0.1) is 19.4 Å². The van der Waals surface area contributed by atoms with Crippen LogP contribution in [0.3, 0.4) is 0 Å². The van der Waals surface area contributed by atoms with E-state index in [0.717, 1.165) is 26.5 Å². The van der Waals surface area contributed by atoms with Crippen molar-refractivity contribution in [3.63, 3.8) is 0 Å². The molecule has 7 heteroatoms. The lowest BCUT2D eigenvalue weighted by molar-refractivity contribution is -0.119. The van der Waals surface area contributed by atoms with Crippen LogP contribution in [0.4, 0.5) is 5.69 Å². The Morgan fingerprint density at radius 3 is 2.86 bits per heavy atom. The number of rotatable bonds is 1. The van der Waals surface area contributed by atoms with Crippen LogP contribution >= 0.6 is 50.6 Å². The molecule has 3 heterocycles. The van der Waals surface area contributed by atoms with Crippen molar-refractivity contribution in [1.29, 1.82) is 0 Å². The number of carbonyl (C=O) groups is 1. The van der Waals surface area contributed by atoms with Crippen molar-refractivity contribution in [3.05, 3.63) is 44.7 Å². The molecule has 22 heavy (non-hydrogen) atoms. The lowest BCUT2D eigenvalue weighted by atomic mass is 9.94. The van der Waals surface area contributed by atoms with Gasteiger partial charge in [0.15, 0.2) is 0 Å². The number of amides is 1. The number of anilines is 1. The second-order valence-electron chi connectivity index (χ2n) is 5.13. The van der Waals surface area contributed by atoms with Crippen LogP contribution in [0.25, 0.3) is 0 Å². The van der Waals surface area contributed by atoms with E-state index in [1.165, 1.54) is 9.22 Å². The Morgan fingerprint density at radius 2 is 2.09 bits per heavy atom. The van der Waals surface area contributed by atoms with Crippen molar-refractivity contribution in [2.75, 3.05) is 10.8 Å². The summed E-state index contributed by atoms with van der Waals surface area (Å²) in [6.45, 7) is 0. The van der Waals surface area contributed by atoms with Crippen molar-refractivity contribution in [2.24, 2.45) is 11.0 Å². The van der Waals surface area contributed by atoms with Gasteiger partial charge >= 0.3 is 0 Å². The molecular formula is C15H10BrClN2OS2. The minimum atomic E-state index is 0.0365. The molecule has 0 saturated carbocycles. The third-order valence-corrected chi connectivity index (χ3v) is 7.02. The molecule has 1 aromatic heterocycles. The predicted octanol–water partition coefficient (Wildman–Crippen LogP) is 5.03. The quantitative estimate of drug-likeness (QED) is 0.657. The summed E-state index contributed by atoms with van der Waals surface area (Å²) in [6, 6.07) is 9.31. The Bertz CT molecular complexity index is 787. The molecule has 2 aromatic rings. The molecule has 0 fully saturated rings. The molecule has 1 unspecified atom stereocenters. The first-order valence-corrected chi connectivity index (χ1v) is 9.68. The van der Waals surface area contributed by atoms with E-state index in [1.807, 2.05) is 23.9 Å². The fourth-order valence-electron chi connectivity index (χ4n) is 2.64. The van der Waals surface area contributed by atoms with E-state index in [9.17, 15) is 4.79 Å². The molecule has 4 rings (SSSR count). The second kappa shape index (κ2) is 5.67. The maximum atomic E-state index is 12.4. The average molecular weight is 414 g/mol. The number of thioether (sulfide) groups is 1. The number of fused-ring (bicyclic) bond motifs is 3. The van der Waals surface area contributed by atoms with Gasteiger partial charge in [-0.05, 0) is 46.3 Å². The molecule has 2 aliphatic heterocycles. The predicted molar refractivity (Wildman–Crippen MR) is 96.3 cm³/mol. The minimum Gasteiger partial charge on any atom is -0.273 e. The van der Waals surface area contributed by atoms with Gasteiger partial charge in [0.1, 0.15) is 0 Å². The molecule has 0 saturated heterocycles. The molecule has 0 bridgehead atoms. The highest BCUT2D eigenvalue weighted by atomic mass is 79.9. The standard InChI is InChI=1S/C15H10BrClN2OS2/c16-12-6-11-14-8(7-21-15(11)22-12)5-13(20)19(18-14)10-3-1-9(17)2-4-10/h1-4,6,8H,5,7H2. The summed E-state index contributed by atoms with van der Waals surface area (Å²) in [5.74, 6) is 1.16. The molecule has 0 spiro atoms. The highest BCUT2D eigenvalue weighted by Gasteiger charge is 2.35.